The summed E-state index contributed by atoms with van der Waals surface area (Å²) in [5.74, 6) is -1.53. The van der Waals surface area contributed by atoms with Crippen molar-refractivity contribution >= 4 is 26.1 Å². The molecule has 0 unspecified atom stereocenters. The number of carbonyl (C=O) groups excluding carboxylic acids is 1. The molecule has 0 bridgehead atoms. The van der Waals surface area contributed by atoms with Crippen molar-refractivity contribution in [3.05, 3.63) is 102 Å². The van der Waals surface area contributed by atoms with Gasteiger partial charge in [0, 0.05) is 13.0 Å². The van der Waals surface area contributed by atoms with Gasteiger partial charge in [0.05, 0.1) is 15.6 Å². The van der Waals surface area contributed by atoms with Gasteiger partial charge in [-0.25, -0.2) is 12.8 Å². The molecule has 0 aliphatic carbocycles. The standard InChI is InChI=1S/C31H36FNO8S2/c1-23-11-15-28(16-12-23)43(37,38)40-20-19-39-26-13-17-27(18-14-26)42(35,36)33(22-25-9-7-6-8-10-25)29(21-24(2)32)30(34)41-31(3,4)5/h6-18,29H,2,19-22H2,1,3-5H3/t29-/m0/s1. The molecule has 0 radical (unpaired) electrons. The van der Waals surface area contributed by atoms with Crippen LogP contribution in [0.25, 0.3) is 0 Å². The lowest BCUT2D eigenvalue weighted by molar-refractivity contribution is -0.159. The van der Waals surface area contributed by atoms with Gasteiger partial charge >= 0.3 is 5.97 Å². The predicted molar refractivity (Wildman–Crippen MR) is 160 cm³/mol. The largest absolute Gasteiger partial charge is 0.491 e. The monoisotopic (exact) mass is 633 g/mol. The summed E-state index contributed by atoms with van der Waals surface area (Å²) in [5, 5.41) is 0. The van der Waals surface area contributed by atoms with Gasteiger partial charge in [0.25, 0.3) is 10.1 Å². The Morgan fingerprint density at radius 1 is 0.884 bits per heavy atom. The molecular formula is C31H36FNO8S2. The highest BCUT2D eigenvalue weighted by Crippen LogP contribution is 2.28. The summed E-state index contributed by atoms with van der Waals surface area (Å²) in [6.45, 7) is 9.33. The number of ether oxygens (including phenoxy) is 2. The molecule has 1 atom stereocenters. The second-order valence-corrected chi connectivity index (χ2v) is 14.2. The van der Waals surface area contributed by atoms with E-state index in [9.17, 15) is 26.0 Å². The summed E-state index contributed by atoms with van der Waals surface area (Å²) >= 11 is 0. The van der Waals surface area contributed by atoms with E-state index in [1.54, 1.807) is 63.2 Å². The zero-order chi connectivity index (χ0) is 31.8. The topological polar surface area (TPSA) is 116 Å². The molecular weight excluding hydrogens is 597 g/mol. The molecule has 0 spiro atoms. The second kappa shape index (κ2) is 14.3. The fourth-order valence-corrected chi connectivity index (χ4v) is 6.39. The van der Waals surface area contributed by atoms with Crippen LogP contribution in [0.3, 0.4) is 0 Å². The number of rotatable bonds is 14. The van der Waals surface area contributed by atoms with E-state index in [2.05, 4.69) is 6.58 Å². The molecule has 3 aromatic carbocycles. The van der Waals surface area contributed by atoms with Crippen molar-refractivity contribution in [3.63, 3.8) is 0 Å². The summed E-state index contributed by atoms with van der Waals surface area (Å²) < 4.78 is 83.5. The Kier molecular flexibility index (Phi) is 11.2. The van der Waals surface area contributed by atoms with Crippen molar-refractivity contribution in [3.8, 4) is 5.75 Å². The van der Waals surface area contributed by atoms with Crippen molar-refractivity contribution in [2.45, 2.75) is 62.1 Å². The van der Waals surface area contributed by atoms with Crippen molar-refractivity contribution in [1.29, 1.82) is 0 Å². The molecule has 0 N–H and O–H groups in total. The van der Waals surface area contributed by atoms with Crippen molar-refractivity contribution < 1.29 is 39.7 Å². The van der Waals surface area contributed by atoms with Crippen LogP contribution in [-0.2, 0) is 40.4 Å². The maximum atomic E-state index is 14.1. The van der Waals surface area contributed by atoms with Crippen molar-refractivity contribution in [1.82, 2.24) is 4.31 Å². The second-order valence-electron chi connectivity index (χ2n) is 10.7. The Morgan fingerprint density at radius 3 is 2.02 bits per heavy atom. The Labute approximate surface area is 253 Å². The first kappa shape index (κ1) is 33.9. The van der Waals surface area contributed by atoms with Crippen LogP contribution in [0.4, 0.5) is 4.39 Å². The smallest absolute Gasteiger partial charge is 0.325 e. The van der Waals surface area contributed by atoms with E-state index < -0.39 is 50.0 Å². The lowest BCUT2D eigenvalue weighted by Crippen LogP contribution is -2.47. The average molecular weight is 634 g/mol. The molecule has 12 heteroatoms. The van der Waals surface area contributed by atoms with Crippen molar-refractivity contribution in [2.75, 3.05) is 13.2 Å². The van der Waals surface area contributed by atoms with Crippen LogP contribution in [0.5, 0.6) is 5.75 Å². The van der Waals surface area contributed by atoms with Gasteiger partial charge in [-0.2, -0.15) is 12.7 Å². The molecule has 0 aromatic heterocycles. The minimum Gasteiger partial charge on any atom is -0.491 e. The highest BCUT2D eigenvalue weighted by atomic mass is 32.2. The summed E-state index contributed by atoms with van der Waals surface area (Å²) in [6, 6.07) is 18.6. The van der Waals surface area contributed by atoms with Crippen LogP contribution >= 0.6 is 0 Å². The average Bonchev–Trinajstić information content (AvgIpc) is 2.93. The van der Waals surface area contributed by atoms with Gasteiger partial charge < -0.3 is 9.47 Å². The minimum atomic E-state index is -4.37. The van der Waals surface area contributed by atoms with E-state index in [1.165, 1.54) is 36.4 Å². The number of aryl methyl sites for hydroxylation is 1. The highest BCUT2D eigenvalue weighted by molar-refractivity contribution is 7.89. The van der Waals surface area contributed by atoms with Gasteiger partial charge in [0.2, 0.25) is 10.0 Å². The molecule has 3 aromatic rings. The van der Waals surface area contributed by atoms with Gasteiger partial charge in [-0.1, -0.05) is 54.6 Å². The number of carbonyl (C=O) groups is 1. The minimum absolute atomic E-state index is 0.0220. The number of halogens is 1. The number of esters is 1. The predicted octanol–water partition coefficient (Wildman–Crippen LogP) is 5.55. The number of hydrogen-bond acceptors (Lipinski definition) is 8. The van der Waals surface area contributed by atoms with Crippen LogP contribution < -0.4 is 4.74 Å². The molecule has 0 aliphatic rings. The lowest BCUT2D eigenvalue weighted by atomic mass is 10.1. The molecule has 0 heterocycles. The summed E-state index contributed by atoms with van der Waals surface area (Å²) in [5.41, 5.74) is 0.533. The molecule has 0 amide bonds. The van der Waals surface area contributed by atoms with E-state index in [0.717, 1.165) is 9.87 Å². The first-order chi connectivity index (χ1) is 20.1. The van der Waals surface area contributed by atoms with Crippen LogP contribution in [0.2, 0.25) is 0 Å². The number of sulfonamides is 1. The van der Waals surface area contributed by atoms with Crippen LogP contribution in [0.15, 0.2) is 101 Å². The first-order valence-corrected chi connectivity index (χ1v) is 16.2. The fourth-order valence-electron chi connectivity index (χ4n) is 3.93. The third-order valence-corrected chi connectivity index (χ3v) is 9.15. The van der Waals surface area contributed by atoms with E-state index in [-0.39, 0.29) is 35.3 Å². The van der Waals surface area contributed by atoms with E-state index in [1.807, 2.05) is 6.92 Å². The van der Waals surface area contributed by atoms with Gasteiger partial charge in [-0.05, 0) is 69.7 Å². The zero-order valence-corrected chi connectivity index (χ0v) is 26.2. The SMILES string of the molecule is C=C(F)C[C@@H](C(=O)OC(C)(C)C)N(Cc1ccccc1)S(=O)(=O)c1ccc(OCCOS(=O)(=O)c2ccc(C)cc2)cc1. The molecule has 0 aliphatic heterocycles. The molecule has 9 nitrogen and oxygen atoms in total. The fraction of sp³-hybridized carbons (Fsp3) is 0.323. The van der Waals surface area contributed by atoms with E-state index in [0.29, 0.717) is 5.56 Å². The third-order valence-electron chi connectivity index (χ3n) is 5.95. The third kappa shape index (κ3) is 9.99. The van der Waals surface area contributed by atoms with Crippen molar-refractivity contribution in [2.24, 2.45) is 0 Å². The Bertz CT molecular complexity index is 1600. The van der Waals surface area contributed by atoms with Gasteiger partial charge in [0.1, 0.15) is 30.6 Å². The molecule has 3 rings (SSSR count). The summed E-state index contributed by atoms with van der Waals surface area (Å²) in [4.78, 5) is 13.0. The van der Waals surface area contributed by atoms with Gasteiger partial charge in [0.15, 0.2) is 0 Å². The quantitative estimate of drug-likeness (QED) is 0.129. The molecule has 0 saturated carbocycles. The summed E-state index contributed by atoms with van der Waals surface area (Å²) in [6.07, 6.45) is -0.590. The van der Waals surface area contributed by atoms with E-state index in [4.69, 9.17) is 13.7 Å². The number of hydrogen-bond donors (Lipinski definition) is 0. The maximum absolute atomic E-state index is 14.1. The Balaban J connectivity index is 1.79. The zero-order valence-electron chi connectivity index (χ0n) is 24.5. The molecule has 0 saturated heterocycles. The number of nitrogens with zero attached hydrogens (tertiary/aromatic N) is 1. The Morgan fingerprint density at radius 2 is 1.47 bits per heavy atom. The normalized spacial score (nSPS) is 13.0. The van der Waals surface area contributed by atoms with Crippen LogP contribution in [0, 0.1) is 6.92 Å². The molecule has 0 fully saturated rings. The van der Waals surface area contributed by atoms with Crippen LogP contribution in [0.1, 0.15) is 38.3 Å². The molecule has 232 valence electrons. The maximum Gasteiger partial charge on any atom is 0.325 e. The Hall–Kier alpha value is -3.58. The first-order valence-electron chi connectivity index (χ1n) is 13.4. The lowest BCUT2D eigenvalue weighted by Gasteiger charge is -2.31. The highest BCUT2D eigenvalue weighted by Gasteiger charge is 2.39. The molecule has 43 heavy (non-hydrogen) atoms. The van der Waals surface area contributed by atoms with Gasteiger partial charge in [-0.3, -0.25) is 8.98 Å². The summed E-state index contributed by atoms with van der Waals surface area (Å²) in [7, 11) is -8.34. The number of benzene rings is 3. The van der Waals surface area contributed by atoms with E-state index >= 15 is 0 Å². The van der Waals surface area contributed by atoms with Gasteiger partial charge in [-0.15, -0.1) is 0 Å². The van der Waals surface area contributed by atoms with Crippen LogP contribution in [-0.4, -0.2) is 52.0 Å².